The highest BCUT2D eigenvalue weighted by Gasteiger charge is 2.26. The smallest absolute Gasteiger partial charge is 0.270 e. The maximum absolute atomic E-state index is 13.5. The normalized spacial score (nSPS) is 15.9. The monoisotopic (exact) mass is 454 g/mol. The molecule has 2 aliphatic carbocycles. The van der Waals surface area contributed by atoms with E-state index in [0.717, 1.165) is 0 Å². The molecule has 2 aromatic rings. The number of ketones is 2. The Morgan fingerprint density at radius 3 is 1.44 bits per heavy atom. The molecule has 34 heavy (non-hydrogen) atoms. The van der Waals surface area contributed by atoms with Gasteiger partial charge in [0, 0.05) is 35.4 Å². The van der Waals surface area contributed by atoms with Gasteiger partial charge in [0.1, 0.15) is 0 Å². The molecule has 168 valence electrons. The second-order valence-electron chi connectivity index (χ2n) is 7.95. The van der Waals surface area contributed by atoms with Crippen LogP contribution in [0.2, 0.25) is 0 Å². The molecule has 0 aromatic heterocycles. The summed E-state index contributed by atoms with van der Waals surface area (Å²) in [6, 6.07) is 11.5. The second-order valence-corrected chi connectivity index (χ2v) is 7.95. The van der Waals surface area contributed by atoms with Crippen LogP contribution < -0.4 is 0 Å². The number of carbonyl (C=O) groups excluding carboxylic acids is 2. The molecule has 0 fully saturated rings. The summed E-state index contributed by atoms with van der Waals surface area (Å²) in [6.07, 6.45) is 6.68. The fourth-order valence-corrected chi connectivity index (χ4v) is 3.92. The van der Waals surface area contributed by atoms with Gasteiger partial charge in [0.15, 0.2) is 11.6 Å². The van der Waals surface area contributed by atoms with E-state index in [0.29, 0.717) is 33.4 Å². The summed E-state index contributed by atoms with van der Waals surface area (Å²) in [5.41, 5.74) is 3.16. The number of carbonyl (C=O) groups is 2. The van der Waals surface area contributed by atoms with Crippen LogP contribution in [0.3, 0.4) is 0 Å². The van der Waals surface area contributed by atoms with Crippen LogP contribution in [-0.2, 0) is 9.59 Å². The van der Waals surface area contributed by atoms with Gasteiger partial charge >= 0.3 is 0 Å². The van der Waals surface area contributed by atoms with Crippen LogP contribution in [-0.4, -0.2) is 21.4 Å². The van der Waals surface area contributed by atoms with Crippen molar-refractivity contribution in [3.8, 4) is 0 Å². The number of rotatable bonds is 4. The maximum atomic E-state index is 13.5. The van der Waals surface area contributed by atoms with E-state index in [1.165, 1.54) is 36.4 Å². The zero-order valence-corrected chi connectivity index (χ0v) is 18.3. The first-order chi connectivity index (χ1) is 16.2. The lowest BCUT2D eigenvalue weighted by atomic mass is 9.83. The van der Waals surface area contributed by atoms with E-state index in [4.69, 9.17) is 0 Å². The number of Topliss-reactive ketones (excluding diaryl/α,β-unsaturated/α-hetero) is 2. The molecule has 0 saturated carbocycles. The SMILES string of the molecule is CC1=CC(=C2C=C(c3cccc([N+](=O)[O-])c3)C(=O)C(c3cccc([N+](=O)[O-])c3)=C2)C=C(C)C1=O. The Morgan fingerprint density at radius 1 is 0.618 bits per heavy atom. The average molecular weight is 454 g/mol. The summed E-state index contributed by atoms with van der Waals surface area (Å²) in [5, 5.41) is 22.6. The molecule has 4 rings (SSSR count). The van der Waals surface area contributed by atoms with E-state index in [1.54, 1.807) is 50.3 Å². The van der Waals surface area contributed by atoms with E-state index >= 15 is 0 Å². The lowest BCUT2D eigenvalue weighted by Crippen LogP contribution is -2.12. The van der Waals surface area contributed by atoms with Crippen molar-refractivity contribution in [2.24, 2.45) is 0 Å². The predicted octanol–water partition coefficient (Wildman–Crippen LogP) is 5.32. The van der Waals surface area contributed by atoms with Crippen LogP contribution in [0.15, 0.2) is 95.1 Å². The molecule has 0 atom stereocenters. The van der Waals surface area contributed by atoms with Crippen LogP contribution in [0.5, 0.6) is 0 Å². The van der Waals surface area contributed by atoms with Gasteiger partial charge in [0.05, 0.1) is 9.85 Å². The molecule has 2 aromatic carbocycles. The summed E-state index contributed by atoms with van der Waals surface area (Å²) in [5.74, 6) is -0.499. The Labute approximate surface area is 194 Å². The standard InChI is InChI=1S/C26H18N2O6/c1-15-9-19(10-16(2)25(15)29)20-13-23(17-5-3-7-21(11-17)27(31)32)26(30)24(14-20)18-6-4-8-22(12-18)28(33)34/h3-14H,1-2H3. The van der Waals surface area contributed by atoms with Crippen LogP contribution in [0, 0.1) is 20.2 Å². The quantitative estimate of drug-likeness (QED) is 0.455. The van der Waals surface area contributed by atoms with Crippen molar-refractivity contribution in [3.05, 3.63) is 126 Å². The molecular weight excluding hydrogens is 436 g/mol. The van der Waals surface area contributed by atoms with Gasteiger partial charge in [-0.15, -0.1) is 0 Å². The zero-order chi connectivity index (χ0) is 24.6. The van der Waals surface area contributed by atoms with Gasteiger partial charge in [0.2, 0.25) is 0 Å². The average Bonchev–Trinajstić information content (AvgIpc) is 2.82. The third-order valence-corrected chi connectivity index (χ3v) is 5.62. The van der Waals surface area contributed by atoms with Crippen molar-refractivity contribution >= 4 is 34.1 Å². The van der Waals surface area contributed by atoms with Gasteiger partial charge in [0.25, 0.3) is 11.4 Å². The van der Waals surface area contributed by atoms with Gasteiger partial charge in [-0.1, -0.05) is 24.3 Å². The number of non-ortho nitro benzene ring substituents is 2. The minimum atomic E-state index is -0.543. The molecule has 0 heterocycles. The molecule has 0 amide bonds. The molecule has 0 saturated heterocycles. The van der Waals surface area contributed by atoms with Crippen LogP contribution in [0.25, 0.3) is 11.1 Å². The maximum Gasteiger partial charge on any atom is 0.270 e. The van der Waals surface area contributed by atoms with Crippen molar-refractivity contribution in [1.29, 1.82) is 0 Å². The van der Waals surface area contributed by atoms with Crippen molar-refractivity contribution in [2.75, 3.05) is 0 Å². The molecule has 0 radical (unpaired) electrons. The van der Waals surface area contributed by atoms with Crippen LogP contribution in [0.1, 0.15) is 25.0 Å². The number of allylic oxidation sites excluding steroid dienone is 10. The molecular formula is C26H18N2O6. The second kappa shape index (κ2) is 8.67. The molecule has 2 aliphatic rings. The third kappa shape index (κ3) is 4.16. The topological polar surface area (TPSA) is 120 Å². The van der Waals surface area contributed by atoms with E-state index in [1.807, 2.05) is 0 Å². The largest absolute Gasteiger partial charge is 0.289 e. The molecule has 0 unspecified atom stereocenters. The van der Waals surface area contributed by atoms with Gasteiger partial charge in [-0.3, -0.25) is 29.8 Å². The molecule has 8 nitrogen and oxygen atoms in total. The number of nitro benzene ring substituents is 2. The highest BCUT2D eigenvalue weighted by atomic mass is 16.6. The minimum Gasteiger partial charge on any atom is -0.289 e. The van der Waals surface area contributed by atoms with Gasteiger partial charge in [-0.05, 0) is 71.6 Å². The predicted molar refractivity (Wildman–Crippen MR) is 127 cm³/mol. The molecule has 0 spiro atoms. The van der Waals surface area contributed by atoms with Gasteiger partial charge < -0.3 is 0 Å². The van der Waals surface area contributed by atoms with E-state index in [9.17, 15) is 29.8 Å². The number of hydrogen-bond acceptors (Lipinski definition) is 6. The number of hydrogen-bond donors (Lipinski definition) is 0. The van der Waals surface area contributed by atoms with E-state index in [2.05, 4.69) is 0 Å². The van der Waals surface area contributed by atoms with E-state index in [-0.39, 0.29) is 28.3 Å². The molecule has 0 N–H and O–H groups in total. The van der Waals surface area contributed by atoms with Crippen molar-refractivity contribution in [3.63, 3.8) is 0 Å². The lowest BCUT2D eigenvalue weighted by molar-refractivity contribution is -0.385. The molecule has 0 bridgehead atoms. The first-order valence-electron chi connectivity index (χ1n) is 10.3. The van der Waals surface area contributed by atoms with Gasteiger partial charge in [-0.2, -0.15) is 0 Å². The zero-order valence-electron chi connectivity index (χ0n) is 18.3. The fourth-order valence-electron chi connectivity index (χ4n) is 3.92. The number of benzene rings is 2. The van der Waals surface area contributed by atoms with Crippen LogP contribution >= 0.6 is 0 Å². The Bertz CT molecular complexity index is 1350. The first-order valence-corrected chi connectivity index (χ1v) is 10.3. The Balaban J connectivity index is 1.96. The summed E-state index contributed by atoms with van der Waals surface area (Å²) >= 11 is 0. The molecule has 0 aliphatic heterocycles. The highest BCUT2D eigenvalue weighted by Crippen LogP contribution is 2.36. The highest BCUT2D eigenvalue weighted by molar-refractivity contribution is 6.44. The Kier molecular flexibility index (Phi) is 5.73. The number of nitro groups is 2. The van der Waals surface area contributed by atoms with E-state index < -0.39 is 15.6 Å². The first kappa shape index (κ1) is 22.5. The third-order valence-electron chi connectivity index (χ3n) is 5.62. The van der Waals surface area contributed by atoms with Crippen molar-refractivity contribution in [1.82, 2.24) is 0 Å². The molecule has 8 heteroatoms. The van der Waals surface area contributed by atoms with Crippen molar-refractivity contribution < 1.29 is 19.4 Å². The fraction of sp³-hybridized carbons (Fsp3) is 0.0769. The van der Waals surface area contributed by atoms with Crippen LogP contribution in [0.4, 0.5) is 11.4 Å². The summed E-state index contributed by atoms with van der Waals surface area (Å²) in [4.78, 5) is 47.2. The van der Waals surface area contributed by atoms with Gasteiger partial charge in [-0.25, -0.2) is 0 Å². The summed E-state index contributed by atoms with van der Waals surface area (Å²) in [7, 11) is 0. The number of nitrogens with zero attached hydrogens (tertiary/aromatic N) is 2. The minimum absolute atomic E-state index is 0.0815. The van der Waals surface area contributed by atoms with Crippen molar-refractivity contribution in [2.45, 2.75) is 13.8 Å². The Morgan fingerprint density at radius 2 is 1.03 bits per heavy atom. The summed E-state index contributed by atoms with van der Waals surface area (Å²) in [6.45, 7) is 3.40. The Hall–Kier alpha value is -4.72. The lowest BCUT2D eigenvalue weighted by Gasteiger charge is -2.19. The summed E-state index contributed by atoms with van der Waals surface area (Å²) < 4.78 is 0.